The van der Waals surface area contributed by atoms with Crippen molar-refractivity contribution in [1.82, 2.24) is 5.32 Å². The Bertz CT molecular complexity index is 408. The van der Waals surface area contributed by atoms with Crippen molar-refractivity contribution in [3.05, 3.63) is 35.9 Å². The zero-order valence-electron chi connectivity index (χ0n) is 12.7. The molecule has 5 nitrogen and oxygen atoms in total. The van der Waals surface area contributed by atoms with Gasteiger partial charge in [0, 0.05) is 12.6 Å². The predicted octanol–water partition coefficient (Wildman–Crippen LogP) is 1.97. The van der Waals surface area contributed by atoms with Gasteiger partial charge in [-0.25, -0.2) is 0 Å². The van der Waals surface area contributed by atoms with E-state index in [9.17, 15) is 9.90 Å². The van der Waals surface area contributed by atoms with Gasteiger partial charge in [-0.1, -0.05) is 30.3 Å². The summed E-state index contributed by atoms with van der Waals surface area (Å²) in [5.41, 5.74) is 0.717. The van der Waals surface area contributed by atoms with Crippen LogP contribution in [0.3, 0.4) is 0 Å². The number of hydrogen-bond acceptors (Lipinski definition) is 4. The molecule has 1 aromatic carbocycles. The van der Waals surface area contributed by atoms with Crippen LogP contribution in [0.1, 0.15) is 38.4 Å². The highest BCUT2D eigenvalue weighted by molar-refractivity contribution is 5.67. The molecule has 0 fully saturated rings. The van der Waals surface area contributed by atoms with Crippen molar-refractivity contribution in [1.29, 1.82) is 0 Å². The first-order chi connectivity index (χ1) is 10.0. The Hall–Kier alpha value is -1.43. The zero-order chi connectivity index (χ0) is 15.7. The van der Waals surface area contributed by atoms with Gasteiger partial charge in [-0.2, -0.15) is 0 Å². The Balaban J connectivity index is 2.49. The summed E-state index contributed by atoms with van der Waals surface area (Å²) < 4.78 is 5.43. The number of hydrogen-bond donors (Lipinski definition) is 3. The number of benzene rings is 1. The fraction of sp³-hybridized carbons (Fsp3) is 0.562. The van der Waals surface area contributed by atoms with E-state index in [2.05, 4.69) is 5.32 Å². The number of aliphatic hydroxyl groups excluding tert-OH is 1. The smallest absolute Gasteiger partial charge is 0.305 e. The topological polar surface area (TPSA) is 78.8 Å². The largest absolute Gasteiger partial charge is 0.481 e. The minimum Gasteiger partial charge on any atom is -0.481 e. The third kappa shape index (κ3) is 7.22. The van der Waals surface area contributed by atoms with Crippen LogP contribution in [0.2, 0.25) is 0 Å². The number of rotatable bonds is 10. The monoisotopic (exact) mass is 295 g/mol. The van der Waals surface area contributed by atoms with Crippen molar-refractivity contribution in [3.8, 4) is 0 Å². The molecule has 0 aromatic heterocycles. The molecule has 0 radical (unpaired) electrons. The first-order valence-corrected chi connectivity index (χ1v) is 7.30. The van der Waals surface area contributed by atoms with E-state index in [1.54, 1.807) is 12.1 Å². The second-order valence-electron chi connectivity index (χ2n) is 5.29. The van der Waals surface area contributed by atoms with Crippen LogP contribution in [-0.2, 0) is 9.53 Å². The highest BCUT2D eigenvalue weighted by Crippen LogP contribution is 2.18. The van der Waals surface area contributed by atoms with E-state index in [0.717, 1.165) is 12.0 Å². The lowest BCUT2D eigenvalue weighted by Gasteiger charge is -2.23. The van der Waals surface area contributed by atoms with Gasteiger partial charge in [0.1, 0.15) is 0 Å². The van der Waals surface area contributed by atoms with Crippen LogP contribution in [0.15, 0.2) is 30.3 Å². The number of nitrogens with one attached hydrogen (secondary N) is 1. The molecular formula is C16H25NO4. The van der Waals surface area contributed by atoms with Gasteiger partial charge >= 0.3 is 5.97 Å². The van der Waals surface area contributed by atoms with Crippen molar-refractivity contribution in [2.24, 2.45) is 0 Å². The van der Waals surface area contributed by atoms with Crippen molar-refractivity contribution in [2.75, 3.05) is 13.2 Å². The molecule has 2 atom stereocenters. The van der Waals surface area contributed by atoms with Crippen molar-refractivity contribution < 1.29 is 19.7 Å². The Labute approximate surface area is 125 Å². The van der Waals surface area contributed by atoms with Gasteiger partial charge in [0.05, 0.1) is 18.6 Å². The molecule has 0 aliphatic carbocycles. The SMILES string of the molecule is CC(C)OCCCNC(CC(=O)O)C(O)c1ccccc1. The quantitative estimate of drug-likeness (QED) is 0.575. The molecule has 0 saturated heterocycles. The summed E-state index contributed by atoms with van der Waals surface area (Å²) in [4.78, 5) is 10.9. The van der Waals surface area contributed by atoms with Crippen LogP contribution >= 0.6 is 0 Å². The predicted molar refractivity (Wildman–Crippen MR) is 81.2 cm³/mol. The van der Waals surface area contributed by atoms with E-state index >= 15 is 0 Å². The lowest BCUT2D eigenvalue weighted by molar-refractivity contribution is -0.138. The molecule has 1 rings (SSSR count). The summed E-state index contributed by atoms with van der Waals surface area (Å²) in [6, 6.07) is 8.59. The normalized spacial score (nSPS) is 14.1. The third-order valence-electron chi connectivity index (χ3n) is 3.10. The number of carbonyl (C=O) groups is 1. The lowest BCUT2D eigenvalue weighted by atomic mass is 9.99. The average molecular weight is 295 g/mol. The van der Waals surface area contributed by atoms with Gasteiger partial charge in [-0.05, 0) is 32.4 Å². The van der Waals surface area contributed by atoms with Crippen LogP contribution in [0.5, 0.6) is 0 Å². The van der Waals surface area contributed by atoms with Crippen LogP contribution in [0, 0.1) is 0 Å². The van der Waals surface area contributed by atoms with E-state index in [1.807, 2.05) is 32.0 Å². The number of carboxylic acids is 1. The zero-order valence-corrected chi connectivity index (χ0v) is 12.7. The van der Waals surface area contributed by atoms with E-state index in [1.165, 1.54) is 0 Å². The van der Waals surface area contributed by atoms with Gasteiger partial charge in [-0.3, -0.25) is 4.79 Å². The molecule has 1 aromatic rings. The number of carboxylic acid groups (broad SMARTS) is 1. The van der Waals surface area contributed by atoms with Crippen LogP contribution < -0.4 is 5.32 Å². The van der Waals surface area contributed by atoms with E-state index in [-0.39, 0.29) is 12.5 Å². The molecule has 0 saturated carbocycles. The summed E-state index contributed by atoms with van der Waals surface area (Å²) in [7, 11) is 0. The maximum atomic E-state index is 10.9. The lowest BCUT2D eigenvalue weighted by Crippen LogP contribution is -2.38. The van der Waals surface area contributed by atoms with E-state index < -0.39 is 18.1 Å². The Morgan fingerprint density at radius 3 is 2.52 bits per heavy atom. The Kier molecular flexibility index (Phi) is 7.97. The second-order valence-corrected chi connectivity index (χ2v) is 5.29. The number of aliphatic carboxylic acids is 1. The van der Waals surface area contributed by atoms with Gasteiger partial charge in [0.2, 0.25) is 0 Å². The molecule has 5 heteroatoms. The molecule has 118 valence electrons. The molecule has 0 aliphatic heterocycles. The highest BCUT2D eigenvalue weighted by Gasteiger charge is 2.22. The number of ether oxygens (including phenoxy) is 1. The van der Waals surface area contributed by atoms with Crippen LogP contribution in [0.25, 0.3) is 0 Å². The van der Waals surface area contributed by atoms with Crippen molar-refractivity contribution in [2.45, 2.75) is 44.9 Å². The molecule has 0 heterocycles. The fourth-order valence-corrected chi connectivity index (χ4v) is 2.04. The summed E-state index contributed by atoms with van der Waals surface area (Å²) in [6.07, 6.45) is -0.000251. The van der Waals surface area contributed by atoms with Crippen molar-refractivity contribution >= 4 is 5.97 Å². The average Bonchev–Trinajstić information content (AvgIpc) is 2.45. The number of aliphatic hydroxyl groups is 1. The summed E-state index contributed by atoms with van der Waals surface area (Å²) in [5.74, 6) is -0.930. The summed E-state index contributed by atoms with van der Waals surface area (Å²) >= 11 is 0. The standard InChI is InChI=1S/C16H25NO4/c1-12(2)21-10-6-9-17-14(11-15(18)19)16(20)13-7-4-3-5-8-13/h3-5,7-8,12,14,16-17,20H,6,9-11H2,1-2H3,(H,18,19). The molecule has 0 spiro atoms. The van der Waals surface area contributed by atoms with E-state index in [0.29, 0.717) is 13.2 Å². The minimum absolute atomic E-state index is 0.124. The first-order valence-electron chi connectivity index (χ1n) is 7.30. The molecular weight excluding hydrogens is 270 g/mol. The summed E-state index contributed by atoms with van der Waals surface area (Å²) in [5, 5.41) is 22.4. The Morgan fingerprint density at radius 2 is 1.95 bits per heavy atom. The third-order valence-corrected chi connectivity index (χ3v) is 3.10. The van der Waals surface area contributed by atoms with E-state index in [4.69, 9.17) is 9.84 Å². The first kappa shape index (κ1) is 17.6. The molecule has 0 bridgehead atoms. The van der Waals surface area contributed by atoms with Crippen LogP contribution in [-0.4, -0.2) is 41.5 Å². The highest BCUT2D eigenvalue weighted by atomic mass is 16.5. The molecule has 3 N–H and O–H groups in total. The maximum absolute atomic E-state index is 10.9. The van der Waals surface area contributed by atoms with Gasteiger partial charge < -0.3 is 20.3 Å². The van der Waals surface area contributed by atoms with Gasteiger partial charge in [0.15, 0.2) is 0 Å². The maximum Gasteiger partial charge on any atom is 0.305 e. The van der Waals surface area contributed by atoms with Gasteiger partial charge in [0.25, 0.3) is 0 Å². The second kappa shape index (κ2) is 9.50. The van der Waals surface area contributed by atoms with Crippen molar-refractivity contribution in [3.63, 3.8) is 0 Å². The molecule has 0 amide bonds. The summed E-state index contributed by atoms with van der Waals surface area (Å²) in [6.45, 7) is 5.17. The molecule has 21 heavy (non-hydrogen) atoms. The molecule has 0 aliphatic rings. The fourth-order valence-electron chi connectivity index (χ4n) is 2.04. The van der Waals surface area contributed by atoms with Gasteiger partial charge in [-0.15, -0.1) is 0 Å². The Morgan fingerprint density at radius 1 is 1.29 bits per heavy atom. The molecule has 2 unspecified atom stereocenters. The minimum atomic E-state index is -0.930. The van der Waals surface area contributed by atoms with Crippen LogP contribution in [0.4, 0.5) is 0 Å².